The molecule has 130 valence electrons. The summed E-state index contributed by atoms with van der Waals surface area (Å²) in [5.74, 6) is 3.43. The molecular formula is C19H20FN3S2. The summed E-state index contributed by atoms with van der Waals surface area (Å²) >= 11 is 3.58. The molecule has 3 rings (SSSR count). The largest absolute Gasteiger partial charge is 0.297 e. The molecule has 1 aromatic heterocycles. The molecule has 0 fully saturated rings. The molecule has 0 aliphatic rings. The van der Waals surface area contributed by atoms with Crippen LogP contribution < -0.4 is 0 Å². The molecule has 0 amide bonds. The number of thioether (sulfide) groups is 2. The van der Waals surface area contributed by atoms with Crippen molar-refractivity contribution in [3.63, 3.8) is 0 Å². The Labute approximate surface area is 156 Å². The van der Waals surface area contributed by atoms with E-state index in [1.807, 2.05) is 40.6 Å². The first-order valence-corrected chi connectivity index (χ1v) is 10.4. The van der Waals surface area contributed by atoms with Crippen LogP contribution in [0.4, 0.5) is 4.39 Å². The number of halogens is 1. The zero-order chi connectivity index (χ0) is 17.5. The van der Waals surface area contributed by atoms with Gasteiger partial charge in [0.15, 0.2) is 11.0 Å². The Morgan fingerprint density at radius 3 is 2.48 bits per heavy atom. The molecule has 0 bridgehead atoms. The normalized spacial score (nSPS) is 11.0. The summed E-state index contributed by atoms with van der Waals surface area (Å²) in [7, 11) is 0. The lowest BCUT2D eigenvalue weighted by atomic mass is 10.2. The Balaban J connectivity index is 1.92. The number of nitrogens with zero attached hydrogens (tertiary/aromatic N) is 3. The lowest BCUT2D eigenvalue weighted by Gasteiger charge is -2.11. The van der Waals surface area contributed by atoms with Crippen LogP contribution in [-0.2, 0) is 6.54 Å². The number of aromatic nitrogens is 3. The Morgan fingerprint density at radius 1 is 0.960 bits per heavy atom. The lowest BCUT2D eigenvalue weighted by molar-refractivity contribution is 0.626. The highest BCUT2D eigenvalue weighted by Crippen LogP contribution is 2.27. The third kappa shape index (κ3) is 4.64. The zero-order valence-corrected chi connectivity index (χ0v) is 15.7. The molecule has 0 N–H and O–H groups in total. The molecule has 2 aromatic carbocycles. The Kier molecular flexibility index (Phi) is 6.53. The highest BCUT2D eigenvalue weighted by Gasteiger charge is 2.17. The molecule has 25 heavy (non-hydrogen) atoms. The van der Waals surface area contributed by atoms with Crippen molar-refractivity contribution in [3.8, 4) is 11.4 Å². The van der Waals surface area contributed by atoms with E-state index in [-0.39, 0.29) is 5.82 Å². The van der Waals surface area contributed by atoms with Gasteiger partial charge >= 0.3 is 0 Å². The van der Waals surface area contributed by atoms with Crippen molar-refractivity contribution >= 4 is 23.5 Å². The average Bonchev–Trinajstić information content (AvgIpc) is 3.02. The topological polar surface area (TPSA) is 30.7 Å². The van der Waals surface area contributed by atoms with Gasteiger partial charge < -0.3 is 0 Å². The number of rotatable bonds is 8. The number of benzene rings is 2. The fourth-order valence-electron chi connectivity index (χ4n) is 2.48. The van der Waals surface area contributed by atoms with Crippen molar-refractivity contribution < 1.29 is 4.39 Å². The predicted octanol–water partition coefficient (Wildman–Crippen LogP) is 4.98. The van der Waals surface area contributed by atoms with Crippen LogP contribution in [0.2, 0.25) is 0 Å². The summed E-state index contributed by atoms with van der Waals surface area (Å²) in [5.41, 5.74) is 1.63. The first-order valence-electron chi connectivity index (χ1n) is 8.22. The predicted molar refractivity (Wildman–Crippen MR) is 105 cm³/mol. The average molecular weight is 374 g/mol. The second-order valence-electron chi connectivity index (χ2n) is 5.40. The summed E-state index contributed by atoms with van der Waals surface area (Å²) in [5, 5.41) is 9.45. The van der Waals surface area contributed by atoms with Crippen molar-refractivity contribution in [1.29, 1.82) is 0 Å². The SMILES string of the molecule is CCSCCSc1nnc(-c2ccccc2F)n1Cc1ccccc1. The van der Waals surface area contributed by atoms with Gasteiger partial charge in [-0.25, -0.2) is 4.39 Å². The van der Waals surface area contributed by atoms with Crippen molar-refractivity contribution in [2.45, 2.75) is 18.6 Å². The maximum Gasteiger partial charge on any atom is 0.191 e. The lowest BCUT2D eigenvalue weighted by Crippen LogP contribution is -2.05. The van der Waals surface area contributed by atoms with Crippen molar-refractivity contribution in [1.82, 2.24) is 14.8 Å². The van der Waals surface area contributed by atoms with Crippen LogP contribution in [0.3, 0.4) is 0 Å². The van der Waals surface area contributed by atoms with Gasteiger partial charge in [-0.1, -0.05) is 61.2 Å². The van der Waals surface area contributed by atoms with Gasteiger partial charge in [-0.3, -0.25) is 4.57 Å². The van der Waals surface area contributed by atoms with E-state index >= 15 is 0 Å². The van der Waals surface area contributed by atoms with Crippen LogP contribution in [0.5, 0.6) is 0 Å². The van der Waals surface area contributed by atoms with Gasteiger partial charge in [0.05, 0.1) is 12.1 Å². The summed E-state index contributed by atoms with van der Waals surface area (Å²) < 4.78 is 16.3. The van der Waals surface area contributed by atoms with Gasteiger partial charge in [0.1, 0.15) is 5.82 Å². The molecule has 6 heteroatoms. The molecule has 0 radical (unpaired) electrons. The monoisotopic (exact) mass is 373 g/mol. The third-order valence-corrected chi connectivity index (χ3v) is 5.81. The van der Waals surface area contributed by atoms with E-state index in [2.05, 4.69) is 29.3 Å². The maximum absolute atomic E-state index is 14.3. The first kappa shape index (κ1) is 18.0. The summed E-state index contributed by atoms with van der Waals surface area (Å²) in [6, 6.07) is 16.9. The van der Waals surface area contributed by atoms with Crippen molar-refractivity contribution in [3.05, 3.63) is 66.0 Å². The van der Waals surface area contributed by atoms with E-state index in [1.54, 1.807) is 23.9 Å². The second kappa shape index (κ2) is 9.06. The van der Waals surface area contributed by atoms with Crippen LogP contribution in [-0.4, -0.2) is 32.0 Å². The fourth-order valence-corrected chi connectivity index (χ4v) is 4.16. The minimum absolute atomic E-state index is 0.276. The molecule has 3 nitrogen and oxygen atoms in total. The molecule has 1 heterocycles. The van der Waals surface area contributed by atoms with Gasteiger partial charge in [0.25, 0.3) is 0 Å². The Bertz CT molecular complexity index is 805. The van der Waals surface area contributed by atoms with E-state index < -0.39 is 0 Å². The van der Waals surface area contributed by atoms with Gasteiger partial charge in [0.2, 0.25) is 0 Å². The molecule has 0 spiro atoms. The van der Waals surface area contributed by atoms with E-state index in [0.717, 1.165) is 28.0 Å². The second-order valence-corrected chi connectivity index (χ2v) is 7.86. The van der Waals surface area contributed by atoms with E-state index in [9.17, 15) is 4.39 Å². The molecule has 0 atom stereocenters. The van der Waals surface area contributed by atoms with Gasteiger partial charge in [-0.15, -0.1) is 10.2 Å². The summed E-state index contributed by atoms with van der Waals surface area (Å²) in [6.07, 6.45) is 0. The Hall–Kier alpha value is -1.79. The van der Waals surface area contributed by atoms with E-state index in [1.165, 1.54) is 6.07 Å². The zero-order valence-electron chi connectivity index (χ0n) is 14.1. The van der Waals surface area contributed by atoms with E-state index in [4.69, 9.17) is 0 Å². The summed E-state index contributed by atoms with van der Waals surface area (Å²) in [6.45, 7) is 2.78. The highest BCUT2D eigenvalue weighted by molar-refractivity contribution is 8.02. The van der Waals surface area contributed by atoms with Crippen LogP contribution in [0.1, 0.15) is 12.5 Å². The molecule has 0 aliphatic heterocycles. The van der Waals surface area contributed by atoms with Gasteiger partial charge in [-0.05, 0) is 23.4 Å². The molecule has 0 saturated carbocycles. The minimum Gasteiger partial charge on any atom is -0.297 e. The van der Waals surface area contributed by atoms with Crippen LogP contribution in [0.25, 0.3) is 11.4 Å². The first-order chi connectivity index (χ1) is 12.3. The Morgan fingerprint density at radius 2 is 1.72 bits per heavy atom. The molecule has 3 aromatic rings. The maximum atomic E-state index is 14.3. The smallest absolute Gasteiger partial charge is 0.191 e. The summed E-state index contributed by atoms with van der Waals surface area (Å²) in [4.78, 5) is 0. The molecular weight excluding hydrogens is 353 g/mol. The highest BCUT2D eigenvalue weighted by atomic mass is 32.2. The molecule has 0 saturated heterocycles. The van der Waals surface area contributed by atoms with Crippen molar-refractivity contribution in [2.24, 2.45) is 0 Å². The standard InChI is InChI=1S/C19H20FN3S2/c1-2-24-12-13-25-19-22-21-18(16-10-6-7-11-17(16)20)23(19)14-15-8-4-3-5-9-15/h3-11H,2,12-14H2,1H3. The fraction of sp³-hybridized carbons (Fsp3) is 0.263. The minimum atomic E-state index is -0.276. The quantitative estimate of drug-likeness (QED) is 0.412. The van der Waals surface area contributed by atoms with Crippen LogP contribution in [0.15, 0.2) is 59.8 Å². The number of hydrogen-bond donors (Lipinski definition) is 0. The van der Waals surface area contributed by atoms with Crippen molar-refractivity contribution in [2.75, 3.05) is 17.3 Å². The molecule has 0 aliphatic carbocycles. The van der Waals surface area contributed by atoms with Gasteiger partial charge in [0, 0.05) is 11.5 Å². The molecule has 0 unspecified atom stereocenters. The number of hydrogen-bond acceptors (Lipinski definition) is 4. The van der Waals surface area contributed by atoms with Crippen LogP contribution in [0, 0.1) is 5.82 Å². The third-order valence-electron chi connectivity index (χ3n) is 3.68. The van der Waals surface area contributed by atoms with Gasteiger partial charge in [-0.2, -0.15) is 11.8 Å². The van der Waals surface area contributed by atoms with E-state index in [0.29, 0.717) is 17.9 Å². The van der Waals surface area contributed by atoms with Crippen LogP contribution >= 0.6 is 23.5 Å².